The Balaban J connectivity index is 1.49. The Labute approximate surface area is 199 Å². The Bertz CT molecular complexity index is 764. The van der Waals surface area contributed by atoms with Crippen LogP contribution in [0.25, 0.3) is 0 Å². The predicted molar refractivity (Wildman–Crippen MR) is 138 cm³/mol. The van der Waals surface area contributed by atoms with Crippen molar-refractivity contribution in [2.24, 2.45) is 34.5 Å². The van der Waals surface area contributed by atoms with Crippen LogP contribution >= 0.6 is 0 Å². The van der Waals surface area contributed by atoms with Gasteiger partial charge in [-0.2, -0.15) is 0 Å². The molecule has 32 heavy (non-hydrogen) atoms. The van der Waals surface area contributed by atoms with E-state index in [1.165, 1.54) is 38.5 Å². The summed E-state index contributed by atoms with van der Waals surface area (Å²) in [5.74, 6) is 2.85. The number of carbonyl (C=O) groups is 1. The van der Waals surface area contributed by atoms with Gasteiger partial charge in [0.25, 0.3) is 0 Å². The first kappa shape index (κ1) is 24.9. The largest absolute Gasteiger partial charge is 0.414 e. The lowest BCUT2D eigenvalue weighted by Crippen LogP contribution is -2.51. The molecule has 1 unspecified atom stereocenters. The Morgan fingerprint density at radius 2 is 1.69 bits per heavy atom. The average molecular weight is 477 g/mol. The zero-order chi connectivity index (χ0) is 23.5. The van der Waals surface area contributed by atoms with Gasteiger partial charge in [-0.25, -0.2) is 0 Å². The minimum absolute atomic E-state index is 0.181. The molecule has 0 heterocycles. The highest BCUT2D eigenvalue weighted by molar-refractivity contribution is 6.70. The van der Waals surface area contributed by atoms with E-state index in [-0.39, 0.29) is 11.3 Å². The third-order valence-corrected chi connectivity index (χ3v) is 11.7. The van der Waals surface area contributed by atoms with Crippen LogP contribution in [0.5, 0.6) is 0 Å². The van der Waals surface area contributed by atoms with Crippen molar-refractivity contribution in [3.05, 3.63) is 11.6 Å². The lowest BCUT2D eigenvalue weighted by Gasteiger charge is -2.58. The van der Waals surface area contributed by atoms with E-state index in [1.807, 2.05) is 0 Å². The normalized spacial score (nSPS) is 42.0. The van der Waals surface area contributed by atoms with E-state index in [0.29, 0.717) is 29.8 Å². The summed E-state index contributed by atoms with van der Waals surface area (Å²) in [6.45, 7) is 18.9. The first-order valence-corrected chi connectivity index (χ1v) is 20.1. The molecule has 3 nitrogen and oxygen atoms in total. The second-order valence-electron chi connectivity index (χ2n) is 13.9. The van der Waals surface area contributed by atoms with Gasteiger partial charge >= 0.3 is 0 Å². The van der Waals surface area contributed by atoms with E-state index in [2.05, 4.69) is 59.2 Å². The molecule has 0 radical (unpaired) electrons. The number of Topliss-reactive ketones (excluding diaryl/α,β-unsaturated/α-hetero) is 1. The Kier molecular flexibility index (Phi) is 6.57. The molecule has 0 aromatic rings. The summed E-state index contributed by atoms with van der Waals surface area (Å²) in [6.07, 6.45) is 12.8. The van der Waals surface area contributed by atoms with Crippen molar-refractivity contribution in [2.75, 3.05) is 6.61 Å². The molecule has 3 saturated carbocycles. The van der Waals surface area contributed by atoms with Crippen molar-refractivity contribution in [2.45, 2.75) is 111 Å². The zero-order valence-electron chi connectivity index (χ0n) is 22.1. The van der Waals surface area contributed by atoms with Crippen molar-refractivity contribution in [3.63, 3.8) is 0 Å². The van der Waals surface area contributed by atoms with Crippen LogP contribution in [-0.2, 0) is 13.6 Å². The van der Waals surface area contributed by atoms with Crippen LogP contribution in [0.3, 0.4) is 0 Å². The highest BCUT2D eigenvalue weighted by Crippen LogP contribution is 2.66. The lowest BCUT2D eigenvalue weighted by atomic mass is 9.47. The molecule has 4 aliphatic carbocycles. The highest BCUT2D eigenvalue weighted by Gasteiger charge is 2.59. The number of allylic oxidation sites excluding steroid dienone is 1. The lowest BCUT2D eigenvalue weighted by molar-refractivity contribution is -0.131. The first-order valence-electron chi connectivity index (χ1n) is 13.3. The van der Waals surface area contributed by atoms with Crippen molar-refractivity contribution in [3.8, 4) is 0 Å². The SMILES string of the molecule is C[C@]12CC[C@H]3[C@@H](CC=C4CC(O[Si](C)(C)C)CC[C@@]43C)[C@@H]1CC[C@@H]2C(=O)CO[Si](C)(C)C. The summed E-state index contributed by atoms with van der Waals surface area (Å²) in [5, 5.41) is 0. The quantitative estimate of drug-likeness (QED) is 0.300. The smallest absolute Gasteiger partial charge is 0.184 e. The Morgan fingerprint density at radius 1 is 0.969 bits per heavy atom. The number of fused-ring (bicyclic) bond motifs is 5. The van der Waals surface area contributed by atoms with Crippen molar-refractivity contribution in [1.29, 1.82) is 0 Å². The predicted octanol–water partition coefficient (Wildman–Crippen LogP) is 7.21. The maximum absolute atomic E-state index is 13.2. The van der Waals surface area contributed by atoms with Crippen LogP contribution in [0.2, 0.25) is 39.3 Å². The monoisotopic (exact) mass is 476 g/mol. The molecule has 0 amide bonds. The molecule has 4 aliphatic rings. The van der Waals surface area contributed by atoms with Crippen LogP contribution < -0.4 is 0 Å². The summed E-state index contributed by atoms with van der Waals surface area (Å²) in [6, 6.07) is 0. The number of hydrogen-bond donors (Lipinski definition) is 0. The zero-order valence-corrected chi connectivity index (χ0v) is 24.1. The fourth-order valence-electron chi connectivity index (χ4n) is 8.15. The fourth-order valence-corrected chi connectivity index (χ4v) is 9.92. The van der Waals surface area contributed by atoms with Gasteiger partial charge < -0.3 is 8.85 Å². The summed E-state index contributed by atoms with van der Waals surface area (Å²) >= 11 is 0. The van der Waals surface area contributed by atoms with Crippen LogP contribution in [0.1, 0.15) is 65.2 Å². The molecule has 0 aromatic heterocycles. The average Bonchev–Trinajstić information content (AvgIpc) is 3.02. The Morgan fingerprint density at radius 3 is 2.34 bits per heavy atom. The number of hydrogen-bond acceptors (Lipinski definition) is 3. The van der Waals surface area contributed by atoms with Crippen molar-refractivity contribution < 1.29 is 13.6 Å². The summed E-state index contributed by atoms with van der Waals surface area (Å²) in [4.78, 5) is 13.2. The van der Waals surface area contributed by atoms with Gasteiger partial charge in [-0.15, -0.1) is 0 Å². The minimum Gasteiger partial charge on any atom is -0.414 e. The van der Waals surface area contributed by atoms with Gasteiger partial charge in [0.15, 0.2) is 22.4 Å². The number of ketones is 1. The molecule has 0 saturated heterocycles. The molecule has 182 valence electrons. The number of carbonyl (C=O) groups excluding carboxylic acids is 1. The molecule has 0 spiro atoms. The van der Waals surface area contributed by atoms with E-state index in [0.717, 1.165) is 24.7 Å². The molecule has 0 aromatic carbocycles. The van der Waals surface area contributed by atoms with E-state index >= 15 is 0 Å². The highest BCUT2D eigenvalue weighted by atomic mass is 28.4. The second kappa shape index (κ2) is 8.46. The second-order valence-corrected chi connectivity index (χ2v) is 22.9. The van der Waals surface area contributed by atoms with E-state index in [1.54, 1.807) is 5.57 Å². The minimum atomic E-state index is -1.65. The molecular formula is C27H48O3Si2. The van der Waals surface area contributed by atoms with Crippen molar-refractivity contribution in [1.82, 2.24) is 0 Å². The van der Waals surface area contributed by atoms with Gasteiger partial charge in [-0.05, 0) is 119 Å². The first-order chi connectivity index (χ1) is 14.7. The standard InChI is InChI=1S/C27H48O3Si2/c1-26-15-13-20(30-32(6,7)8)17-19(26)9-10-21-22-11-12-24(25(28)18-29-31(3,4)5)27(22,2)16-14-23(21)26/h9,20-24H,10-18H2,1-8H3/t20?,21-,22-,23-,24+,26-,27-/m0/s1. The van der Waals surface area contributed by atoms with Crippen LogP contribution in [0, 0.1) is 34.5 Å². The van der Waals surface area contributed by atoms with Gasteiger partial charge in [0.1, 0.15) is 0 Å². The molecule has 0 aliphatic heterocycles. The van der Waals surface area contributed by atoms with Gasteiger partial charge in [-0.3, -0.25) is 4.79 Å². The van der Waals surface area contributed by atoms with Gasteiger partial charge in [0.2, 0.25) is 0 Å². The third-order valence-electron chi connectivity index (χ3n) is 9.62. The van der Waals surface area contributed by atoms with E-state index < -0.39 is 16.6 Å². The van der Waals surface area contributed by atoms with Crippen LogP contribution in [-0.4, -0.2) is 35.1 Å². The Hall–Kier alpha value is -0.236. The summed E-state index contributed by atoms with van der Waals surface area (Å²) < 4.78 is 12.6. The van der Waals surface area contributed by atoms with E-state index in [4.69, 9.17) is 8.85 Å². The molecule has 0 bridgehead atoms. The van der Waals surface area contributed by atoms with Gasteiger partial charge in [0.05, 0.1) is 6.61 Å². The van der Waals surface area contributed by atoms with Crippen LogP contribution in [0.4, 0.5) is 0 Å². The molecule has 5 heteroatoms. The maximum Gasteiger partial charge on any atom is 0.184 e. The van der Waals surface area contributed by atoms with Gasteiger partial charge in [0, 0.05) is 12.0 Å². The number of rotatable bonds is 6. The van der Waals surface area contributed by atoms with E-state index in [9.17, 15) is 4.79 Å². The topological polar surface area (TPSA) is 35.5 Å². The maximum atomic E-state index is 13.2. The molecule has 3 fully saturated rings. The van der Waals surface area contributed by atoms with Crippen molar-refractivity contribution >= 4 is 22.4 Å². The molecular weight excluding hydrogens is 428 g/mol. The summed E-state index contributed by atoms with van der Waals surface area (Å²) in [5.41, 5.74) is 2.24. The fraction of sp³-hybridized carbons (Fsp3) is 0.889. The van der Waals surface area contributed by atoms with Crippen LogP contribution in [0.15, 0.2) is 11.6 Å². The van der Waals surface area contributed by atoms with Gasteiger partial charge in [-0.1, -0.05) is 25.5 Å². The third kappa shape index (κ3) is 4.65. The summed E-state index contributed by atoms with van der Waals surface area (Å²) in [7, 11) is -3.15. The molecule has 7 atom stereocenters. The molecule has 4 rings (SSSR count). The molecule has 0 N–H and O–H groups in total.